The van der Waals surface area contributed by atoms with Crippen molar-refractivity contribution in [1.29, 1.82) is 0 Å². The summed E-state index contributed by atoms with van der Waals surface area (Å²) in [5.74, 6) is 0. The minimum atomic E-state index is -3.01. The largest absolute Gasteiger partial charge is 0.310 e. The summed E-state index contributed by atoms with van der Waals surface area (Å²) in [4.78, 5) is 0. The molecule has 0 saturated carbocycles. The number of hydrogen-bond acceptors (Lipinski definition) is 4. The van der Waals surface area contributed by atoms with E-state index in [4.69, 9.17) is 0 Å². The first kappa shape index (κ1) is 9.39. The van der Waals surface area contributed by atoms with E-state index in [1.165, 1.54) is 10.6 Å². The molecule has 2 heterocycles. The lowest BCUT2D eigenvalue weighted by Gasteiger charge is -2.26. The Labute approximate surface area is 78.5 Å². The molecule has 13 heavy (non-hydrogen) atoms. The number of sulfonamides is 1. The van der Waals surface area contributed by atoms with Gasteiger partial charge in [0.2, 0.25) is 10.0 Å². The summed E-state index contributed by atoms with van der Waals surface area (Å²) in [6.45, 7) is 3.07. The van der Waals surface area contributed by atoms with Gasteiger partial charge < -0.3 is 10.6 Å². The molecule has 2 atom stereocenters. The van der Waals surface area contributed by atoms with Crippen molar-refractivity contribution in [1.82, 2.24) is 14.9 Å². The molecule has 0 spiro atoms. The predicted molar refractivity (Wildman–Crippen MR) is 50.0 cm³/mol. The fourth-order valence-electron chi connectivity index (χ4n) is 1.97. The number of fused-ring (bicyclic) bond motifs is 1. The Morgan fingerprint density at radius 3 is 2.00 bits per heavy atom. The molecule has 2 aliphatic heterocycles. The normalized spacial score (nSPS) is 36.1. The van der Waals surface area contributed by atoms with E-state index in [1.807, 2.05) is 0 Å². The highest BCUT2D eigenvalue weighted by molar-refractivity contribution is 7.88. The molecule has 0 bridgehead atoms. The maximum absolute atomic E-state index is 11.2. The van der Waals surface area contributed by atoms with Gasteiger partial charge in [-0.2, -0.15) is 4.31 Å². The average Bonchev–Trinajstić information content (AvgIpc) is 2.45. The van der Waals surface area contributed by atoms with Crippen LogP contribution >= 0.6 is 0 Å². The Morgan fingerprint density at radius 1 is 1.15 bits per heavy atom. The van der Waals surface area contributed by atoms with Gasteiger partial charge in [0.25, 0.3) is 0 Å². The topological polar surface area (TPSA) is 61.4 Å². The van der Waals surface area contributed by atoms with Crippen LogP contribution in [-0.2, 0) is 10.0 Å². The number of nitrogens with zero attached hydrogens (tertiary/aromatic N) is 1. The summed E-state index contributed by atoms with van der Waals surface area (Å²) in [7, 11) is -3.01. The van der Waals surface area contributed by atoms with Crippen LogP contribution in [0.3, 0.4) is 0 Å². The van der Waals surface area contributed by atoms with Gasteiger partial charge in [-0.15, -0.1) is 0 Å². The van der Waals surface area contributed by atoms with E-state index >= 15 is 0 Å². The van der Waals surface area contributed by atoms with E-state index in [0.717, 1.165) is 13.1 Å². The number of rotatable bonds is 1. The highest BCUT2D eigenvalue weighted by Gasteiger charge is 2.37. The van der Waals surface area contributed by atoms with E-state index in [-0.39, 0.29) is 0 Å². The first-order chi connectivity index (χ1) is 6.07. The molecule has 0 aromatic carbocycles. The van der Waals surface area contributed by atoms with E-state index in [9.17, 15) is 8.42 Å². The molecule has 6 heteroatoms. The van der Waals surface area contributed by atoms with E-state index < -0.39 is 10.0 Å². The van der Waals surface area contributed by atoms with Gasteiger partial charge in [0.15, 0.2) is 0 Å². The van der Waals surface area contributed by atoms with Gasteiger partial charge in [-0.05, 0) is 0 Å². The van der Waals surface area contributed by atoms with Gasteiger partial charge in [-0.25, -0.2) is 8.42 Å². The molecule has 76 valence electrons. The third kappa shape index (κ3) is 1.85. The van der Waals surface area contributed by atoms with Crippen molar-refractivity contribution in [2.75, 3.05) is 32.4 Å². The number of nitrogens with one attached hydrogen (secondary N) is 2. The van der Waals surface area contributed by atoms with Crippen molar-refractivity contribution in [3.63, 3.8) is 0 Å². The lowest BCUT2D eigenvalue weighted by molar-refractivity contribution is 0.377. The molecule has 0 amide bonds. The van der Waals surface area contributed by atoms with Crippen LogP contribution < -0.4 is 10.6 Å². The van der Waals surface area contributed by atoms with Crippen LogP contribution in [-0.4, -0.2) is 57.2 Å². The Kier molecular flexibility index (Phi) is 2.31. The maximum Gasteiger partial charge on any atom is 0.211 e. The SMILES string of the molecule is CS(=O)(=O)N1CC2NCCNC2C1. The zero-order valence-electron chi connectivity index (χ0n) is 7.66. The molecule has 2 aliphatic rings. The molecular weight excluding hydrogens is 190 g/mol. The maximum atomic E-state index is 11.2. The average molecular weight is 205 g/mol. The van der Waals surface area contributed by atoms with Gasteiger partial charge in [-0.3, -0.25) is 0 Å². The second-order valence-corrected chi connectivity index (χ2v) is 5.68. The summed E-state index contributed by atoms with van der Waals surface area (Å²) in [6, 6.07) is 0.590. The van der Waals surface area contributed by atoms with Gasteiger partial charge in [0.1, 0.15) is 0 Å². The number of hydrogen-bond donors (Lipinski definition) is 2. The quantitative estimate of drug-likeness (QED) is 0.530. The monoisotopic (exact) mass is 205 g/mol. The van der Waals surface area contributed by atoms with Crippen molar-refractivity contribution in [2.45, 2.75) is 12.1 Å². The van der Waals surface area contributed by atoms with Crippen LogP contribution in [0.25, 0.3) is 0 Å². The van der Waals surface area contributed by atoms with Crippen LogP contribution in [0, 0.1) is 0 Å². The van der Waals surface area contributed by atoms with Crippen LogP contribution in [0.2, 0.25) is 0 Å². The molecule has 0 radical (unpaired) electrons. The fourth-order valence-corrected chi connectivity index (χ4v) is 2.83. The molecule has 5 nitrogen and oxygen atoms in total. The zero-order valence-corrected chi connectivity index (χ0v) is 8.47. The van der Waals surface area contributed by atoms with Crippen molar-refractivity contribution in [2.24, 2.45) is 0 Å². The van der Waals surface area contributed by atoms with Crippen LogP contribution in [0.15, 0.2) is 0 Å². The van der Waals surface area contributed by atoms with Crippen molar-refractivity contribution in [3.05, 3.63) is 0 Å². The summed E-state index contributed by atoms with van der Waals surface area (Å²) >= 11 is 0. The summed E-state index contributed by atoms with van der Waals surface area (Å²) < 4.78 is 24.0. The van der Waals surface area contributed by atoms with Gasteiger partial charge in [0, 0.05) is 38.3 Å². The minimum Gasteiger partial charge on any atom is -0.310 e. The van der Waals surface area contributed by atoms with Gasteiger partial charge >= 0.3 is 0 Å². The highest BCUT2D eigenvalue weighted by Crippen LogP contribution is 2.14. The summed E-state index contributed by atoms with van der Waals surface area (Å²) in [5, 5.41) is 6.63. The van der Waals surface area contributed by atoms with Crippen molar-refractivity contribution >= 4 is 10.0 Å². The zero-order chi connectivity index (χ0) is 9.47. The molecular formula is C7H15N3O2S. The molecule has 0 aromatic heterocycles. The molecule has 2 saturated heterocycles. The molecule has 2 fully saturated rings. The third-order valence-corrected chi connectivity index (χ3v) is 3.93. The predicted octanol–water partition coefficient (Wildman–Crippen LogP) is -1.81. The van der Waals surface area contributed by atoms with Crippen LogP contribution in [0.1, 0.15) is 0 Å². The Balaban J connectivity index is 2.07. The summed E-state index contributed by atoms with van der Waals surface area (Å²) in [5.41, 5.74) is 0. The highest BCUT2D eigenvalue weighted by atomic mass is 32.2. The van der Waals surface area contributed by atoms with Crippen LogP contribution in [0.5, 0.6) is 0 Å². The lowest BCUT2D eigenvalue weighted by atomic mass is 10.1. The lowest BCUT2D eigenvalue weighted by Crippen LogP contribution is -2.55. The second kappa shape index (κ2) is 3.20. The van der Waals surface area contributed by atoms with Crippen molar-refractivity contribution < 1.29 is 8.42 Å². The minimum absolute atomic E-state index is 0.295. The molecule has 0 aromatic rings. The molecule has 2 rings (SSSR count). The standard InChI is InChI=1S/C7H15N3O2S/c1-13(11,12)10-4-6-7(5-10)9-3-2-8-6/h6-9H,2-5H2,1H3. The molecule has 2 unspecified atom stereocenters. The van der Waals surface area contributed by atoms with Crippen LogP contribution in [0.4, 0.5) is 0 Å². The van der Waals surface area contributed by atoms with E-state index in [1.54, 1.807) is 0 Å². The number of piperazine rings is 1. The first-order valence-corrected chi connectivity index (χ1v) is 6.34. The smallest absolute Gasteiger partial charge is 0.211 e. The fraction of sp³-hybridized carbons (Fsp3) is 1.00. The summed E-state index contributed by atoms with van der Waals surface area (Å²) in [6.07, 6.45) is 1.27. The third-order valence-electron chi connectivity index (χ3n) is 2.69. The Morgan fingerprint density at radius 2 is 1.62 bits per heavy atom. The first-order valence-electron chi connectivity index (χ1n) is 4.49. The van der Waals surface area contributed by atoms with E-state index in [2.05, 4.69) is 10.6 Å². The van der Waals surface area contributed by atoms with E-state index in [0.29, 0.717) is 25.2 Å². The molecule has 0 aliphatic carbocycles. The van der Waals surface area contributed by atoms with Crippen molar-refractivity contribution in [3.8, 4) is 0 Å². The Bertz CT molecular complexity index is 276. The molecule has 2 N–H and O–H groups in total. The Hall–Kier alpha value is -0.170. The van der Waals surface area contributed by atoms with Gasteiger partial charge in [0.05, 0.1) is 6.26 Å². The second-order valence-electron chi connectivity index (χ2n) is 3.70. The van der Waals surface area contributed by atoms with Gasteiger partial charge in [-0.1, -0.05) is 0 Å².